The molecule has 0 heteroatoms. The van der Waals surface area contributed by atoms with Gasteiger partial charge in [0.15, 0.2) is 0 Å². The van der Waals surface area contributed by atoms with Crippen molar-refractivity contribution in [3.8, 4) is 0 Å². The second-order valence-electron chi connectivity index (χ2n) is 3.44. The summed E-state index contributed by atoms with van der Waals surface area (Å²) in [4.78, 5) is 0. The van der Waals surface area contributed by atoms with Crippen molar-refractivity contribution < 1.29 is 0 Å². The standard InChI is InChI=1S/C13H18/c1-3-7-12(2)10-11-13-8-5-4-6-9-13/h4-9H,3,10-11H2,1-2H3. The van der Waals surface area contributed by atoms with E-state index in [0.29, 0.717) is 0 Å². The molecule has 1 aromatic carbocycles. The fourth-order valence-corrected chi connectivity index (χ4v) is 1.44. The van der Waals surface area contributed by atoms with Crippen LogP contribution < -0.4 is 0 Å². The van der Waals surface area contributed by atoms with Crippen LogP contribution in [0.25, 0.3) is 0 Å². The van der Waals surface area contributed by atoms with Crippen molar-refractivity contribution in [3.63, 3.8) is 0 Å². The molecule has 0 N–H and O–H groups in total. The first kappa shape index (κ1) is 10.0. The van der Waals surface area contributed by atoms with Crippen LogP contribution in [-0.4, -0.2) is 0 Å². The van der Waals surface area contributed by atoms with Gasteiger partial charge in [-0.25, -0.2) is 0 Å². The predicted molar refractivity (Wildman–Crippen MR) is 58.8 cm³/mol. The fourth-order valence-electron chi connectivity index (χ4n) is 1.44. The topological polar surface area (TPSA) is 0 Å². The molecule has 0 radical (unpaired) electrons. The molecule has 0 nitrogen and oxygen atoms in total. The van der Waals surface area contributed by atoms with E-state index in [1.807, 2.05) is 0 Å². The van der Waals surface area contributed by atoms with Gasteiger partial charge in [-0.2, -0.15) is 0 Å². The fraction of sp³-hybridized carbons (Fsp3) is 0.385. The monoisotopic (exact) mass is 174 g/mol. The summed E-state index contributed by atoms with van der Waals surface area (Å²) in [6.45, 7) is 4.40. The Balaban J connectivity index is 2.39. The highest BCUT2D eigenvalue weighted by atomic mass is 14.0. The molecule has 0 aliphatic carbocycles. The Kier molecular flexibility index (Phi) is 4.31. The van der Waals surface area contributed by atoms with Gasteiger partial charge in [-0.1, -0.05) is 48.9 Å². The molecule has 13 heavy (non-hydrogen) atoms. The molecule has 0 heterocycles. The van der Waals surface area contributed by atoms with Gasteiger partial charge in [0.1, 0.15) is 0 Å². The van der Waals surface area contributed by atoms with Crippen LogP contribution in [0.15, 0.2) is 42.0 Å². The van der Waals surface area contributed by atoms with Crippen LogP contribution in [0.2, 0.25) is 0 Å². The quantitative estimate of drug-likeness (QED) is 0.606. The Hall–Kier alpha value is -1.04. The first-order valence-electron chi connectivity index (χ1n) is 5.02. The van der Waals surface area contributed by atoms with Gasteiger partial charge in [0.2, 0.25) is 0 Å². The van der Waals surface area contributed by atoms with Gasteiger partial charge in [-0.15, -0.1) is 0 Å². The smallest absolute Gasteiger partial charge is 0.0242 e. The van der Waals surface area contributed by atoms with Gasteiger partial charge < -0.3 is 0 Å². The van der Waals surface area contributed by atoms with E-state index >= 15 is 0 Å². The van der Waals surface area contributed by atoms with Crippen LogP contribution in [-0.2, 0) is 6.42 Å². The number of aryl methyl sites for hydroxylation is 1. The third-order valence-electron chi connectivity index (χ3n) is 2.20. The average Bonchev–Trinajstić information content (AvgIpc) is 2.17. The van der Waals surface area contributed by atoms with Crippen LogP contribution in [0.3, 0.4) is 0 Å². The van der Waals surface area contributed by atoms with Crippen molar-refractivity contribution in [2.75, 3.05) is 0 Å². The summed E-state index contributed by atoms with van der Waals surface area (Å²) in [5.41, 5.74) is 2.94. The number of allylic oxidation sites excluding steroid dienone is 2. The SMILES string of the molecule is CCC=C(C)CCc1ccccc1. The zero-order chi connectivity index (χ0) is 9.52. The van der Waals surface area contributed by atoms with Crippen molar-refractivity contribution in [1.82, 2.24) is 0 Å². The number of hydrogen-bond acceptors (Lipinski definition) is 0. The average molecular weight is 174 g/mol. The van der Waals surface area contributed by atoms with Crippen molar-refractivity contribution >= 4 is 0 Å². The number of rotatable bonds is 4. The largest absolute Gasteiger partial charge is 0.0859 e. The van der Waals surface area contributed by atoms with E-state index in [2.05, 4.69) is 50.3 Å². The Labute approximate surface area is 81.3 Å². The van der Waals surface area contributed by atoms with Crippen LogP contribution in [0, 0.1) is 0 Å². The summed E-state index contributed by atoms with van der Waals surface area (Å²) in [5, 5.41) is 0. The maximum atomic E-state index is 2.31. The molecule has 0 amide bonds. The van der Waals surface area contributed by atoms with Gasteiger partial charge in [0.05, 0.1) is 0 Å². The maximum absolute atomic E-state index is 2.31. The molecular weight excluding hydrogens is 156 g/mol. The zero-order valence-electron chi connectivity index (χ0n) is 8.59. The zero-order valence-corrected chi connectivity index (χ0v) is 8.59. The molecule has 0 spiro atoms. The lowest BCUT2D eigenvalue weighted by molar-refractivity contribution is 0.929. The van der Waals surface area contributed by atoms with Crippen molar-refractivity contribution in [2.24, 2.45) is 0 Å². The maximum Gasteiger partial charge on any atom is -0.0242 e. The minimum Gasteiger partial charge on any atom is -0.0859 e. The summed E-state index contributed by atoms with van der Waals surface area (Å²) in [6, 6.07) is 10.7. The van der Waals surface area contributed by atoms with E-state index in [-0.39, 0.29) is 0 Å². The minimum atomic E-state index is 1.15. The summed E-state index contributed by atoms with van der Waals surface area (Å²) < 4.78 is 0. The molecule has 0 unspecified atom stereocenters. The van der Waals surface area contributed by atoms with E-state index in [4.69, 9.17) is 0 Å². The summed E-state index contributed by atoms with van der Waals surface area (Å²) in [6.07, 6.45) is 5.82. The lowest BCUT2D eigenvalue weighted by Gasteiger charge is -2.01. The highest BCUT2D eigenvalue weighted by Gasteiger charge is 1.92. The van der Waals surface area contributed by atoms with Gasteiger partial charge >= 0.3 is 0 Å². The normalized spacial score (nSPS) is 11.7. The molecule has 0 aliphatic heterocycles. The highest BCUT2D eigenvalue weighted by Crippen LogP contribution is 2.08. The first-order valence-corrected chi connectivity index (χ1v) is 5.02. The molecule has 0 saturated carbocycles. The third-order valence-corrected chi connectivity index (χ3v) is 2.20. The highest BCUT2D eigenvalue weighted by molar-refractivity contribution is 5.16. The van der Waals surface area contributed by atoms with E-state index in [9.17, 15) is 0 Å². The third kappa shape index (κ3) is 3.93. The Bertz CT molecular complexity index is 257. The molecule has 0 atom stereocenters. The molecule has 1 rings (SSSR count). The van der Waals surface area contributed by atoms with Crippen molar-refractivity contribution in [2.45, 2.75) is 33.1 Å². The van der Waals surface area contributed by atoms with E-state index < -0.39 is 0 Å². The van der Waals surface area contributed by atoms with Crippen molar-refractivity contribution in [1.29, 1.82) is 0 Å². The lowest BCUT2D eigenvalue weighted by atomic mass is 10.1. The second-order valence-corrected chi connectivity index (χ2v) is 3.44. The molecule has 0 fully saturated rings. The molecule has 0 saturated heterocycles. The molecule has 0 aromatic heterocycles. The van der Waals surface area contributed by atoms with Crippen LogP contribution >= 0.6 is 0 Å². The number of hydrogen-bond donors (Lipinski definition) is 0. The van der Waals surface area contributed by atoms with Crippen LogP contribution in [0.5, 0.6) is 0 Å². The summed E-state index contributed by atoms with van der Waals surface area (Å²) in [7, 11) is 0. The van der Waals surface area contributed by atoms with Gasteiger partial charge in [-0.3, -0.25) is 0 Å². The molecule has 0 bridgehead atoms. The minimum absolute atomic E-state index is 1.15. The molecule has 70 valence electrons. The second kappa shape index (κ2) is 5.58. The summed E-state index contributed by atoms with van der Waals surface area (Å²) in [5.74, 6) is 0. The summed E-state index contributed by atoms with van der Waals surface area (Å²) >= 11 is 0. The number of benzene rings is 1. The van der Waals surface area contributed by atoms with E-state index in [1.165, 1.54) is 24.0 Å². The van der Waals surface area contributed by atoms with Gasteiger partial charge in [0, 0.05) is 0 Å². The van der Waals surface area contributed by atoms with E-state index in [1.54, 1.807) is 0 Å². The first-order chi connectivity index (χ1) is 6.33. The predicted octanol–water partition coefficient (Wildman–Crippen LogP) is 3.98. The molecule has 1 aromatic rings. The van der Waals surface area contributed by atoms with Crippen LogP contribution in [0.4, 0.5) is 0 Å². The molecular formula is C13H18. The van der Waals surface area contributed by atoms with Gasteiger partial charge in [0.25, 0.3) is 0 Å². The van der Waals surface area contributed by atoms with Crippen molar-refractivity contribution in [3.05, 3.63) is 47.5 Å². The van der Waals surface area contributed by atoms with Gasteiger partial charge in [-0.05, 0) is 31.7 Å². The molecule has 0 aliphatic rings. The lowest BCUT2D eigenvalue weighted by Crippen LogP contribution is -1.85. The Morgan fingerprint density at radius 3 is 2.54 bits per heavy atom. The Morgan fingerprint density at radius 2 is 1.92 bits per heavy atom. The van der Waals surface area contributed by atoms with Crippen LogP contribution in [0.1, 0.15) is 32.3 Å². The van der Waals surface area contributed by atoms with E-state index in [0.717, 1.165) is 6.42 Å². The Morgan fingerprint density at radius 1 is 1.23 bits per heavy atom.